The van der Waals surface area contributed by atoms with Gasteiger partial charge in [0, 0.05) is 18.9 Å². The van der Waals surface area contributed by atoms with Gasteiger partial charge >= 0.3 is 6.18 Å². The number of Topliss-reactive ketones (excluding diaryl/α,β-unsaturated/α-hetero) is 1. The molecule has 0 spiro atoms. The summed E-state index contributed by atoms with van der Waals surface area (Å²) in [7, 11) is 0. The zero-order valence-electron chi connectivity index (χ0n) is 10.4. The highest BCUT2D eigenvalue weighted by Crippen LogP contribution is 2.33. The molecule has 2 rings (SSSR count). The summed E-state index contributed by atoms with van der Waals surface area (Å²) in [5.74, 6) is 0.440. The van der Waals surface area contributed by atoms with E-state index in [1.165, 1.54) is 12.1 Å². The molecule has 1 fully saturated rings. The topological polar surface area (TPSA) is 43.1 Å². The molecule has 1 aromatic rings. The van der Waals surface area contributed by atoms with Gasteiger partial charge in [0.25, 0.3) is 0 Å². The predicted molar refractivity (Wildman–Crippen MR) is 65.5 cm³/mol. The number of ketones is 1. The van der Waals surface area contributed by atoms with E-state index in [4.69, 9.17) is 5.73 Å². The van der Waals surface area contributed by atoms with Crippen molar-refractivity contribution in [2.45, 2.75) is 37.9 Å². The molecule has 0 aromatic heterocycles. The molecule has 5 heteroatoms. The van der Waals surface area contributed by atoms with Crippen molar-refractivity contribution in [3.05, 3.63) is 35.4 Å². The lowest BCUT2D eigenvalue weighted by Gasteiger charge is -2.10. The maximum Gasteiger partial charge on any atom is 0.416 e. The first-order valence-corrected chi connectivity index (χ1v) is 6.29. The Bertz CT molecular complexity index is 449. The van der Waals surface area contributed by atoms with E-state index in [0.717, 1.165) is 25.0 Å². The van der Waals surface area contributed by atoms with E-state index in [1.807, 2.05) is 0 Å². The van der Waals surface area contributed by atoms with E-state index < -0.39 is 11.7 Å². The number of nitrogens with two attached hydrogens (primary N) is 1. The monoisotopic (exact) mass is 271 g/mol. The average Bonchev–Trinajstić information content (AvgIpc) is 3.11. The molecule has 1 aromatic carbocycles. The third-order valence-electron chi connectivity index (χ3n) is 3.37. The molecule has 0 bridgehead atoms. The lowest BCUT2D eigenvalue weighted by molar-refractivity contribution is -0.137. The molecule has 2 N–H and O–H groups in total. The van der Waals surface area contributed by atoms with Crippen molar-refractivity contribution in [2.24, 2.45) is 11.7 Å². The van der Waals surface area contributed by atoms with Crippen molar-refractivity contribution in [1.29, 1.82) is 0 Å². The zero-order chi connectivity index (χ0) is 14.0. The summed E-state index contributed by atoms with van der Waals surface area (Å²) < 4.78 is 37.1. The Morgan fingerprint density at radius 1 is 1.26 bits per heavy atom. The Morgan fingerprint density at radius 3 is 2.32 bits per heavy atom. The third kappa shape index (κ3) is 4.06. The number of carbonyl (C=O) groups is 1. The van der Waals surface area contributed by atoms with Gasteiger partial charge in [0.05, 0.1) is 5.56 Å². The first-order valence-electron chi connectivity index (χ1n) is 6.29. The van der Waals surface area contributed by atoms with Gasteiger partial charge in [-0.25, -0.2) is 0 Å². The molecule has 1 saturated carbocycles. The Labute approximate surface area is 109 Å². The summed E-state index contributed by atoms with van der Waals surface area (Å²) in [6.07, 6.45) is -1.72. The van der Waals surface area contributed by atoms with Gasteiger partial charge in [0.1, 0.15) is 5.78 Å². The summed E-state index contributed by atoms with van der Waals surface area (Å²) in [5.41, 5.74) is 5.75. The standard InChI is InChI=1S/C14H16F3NO/c15-14(16,17)11-5-1-9(2-6-11)7-12(19)8-13(18)10-3-4-10/h1-2,5-6,10,13H,3-4,7-8,18H2. The number of alkyl halides is 3. The SMILES string of the molecule is NC(CC(=O)Cc1ccc(C(F)(F)F)cc1)C1CC1. The van der Waals surface area contributed by atoms with Crippen LogP contribution in [0.2, 0.25) is 0 Å². The molecule has 0 amide bonds. The number of hydrogen-bond acceptors (Lipinski definition) is 2. The summed E-state index contributed by atoms with van der Waals surface area (Å²) in [6.45, 7) is 0. The molecule has 0 heterocycles. The lowest BCUT2D eigenvalue weighted by Crippen LogP contribution is -2.26. The summed E-state index contributed by atoms with van der Waals surface area (Å²) in [6, 6.07) is 4.61. The molecule has 2 nitrogen and oxygen atoms in total. The van der Waals surface area contributed by atoms with Crippen molar-refractivity contribution >= 4 is 5.78 Å². The predicted octanol–water partition coefficient (Wildman–Crippen LogP) is 2.94. The van der Waals surface area contributed by atoms with Gasteiger partial charge in [-0.05, 0) is 36.5 Å². The van der Waals surface area contributed by atoms with Crippen molar-refractivity contribution < 1.29 is 18.0 Å². The van der Waals surface area contributed by atoms with Crippen LogP contribution in [0.1, 0.15) is 30.4 Å². The van der Waals surface area contributed by atoms with E-state index in [9.17, 15) is 18.0 Å². The second-order valence-corrected chi connectivity index (χ2v) is 5.12. The molecule has 19 heavy (non-hydrogen) atoms. The van der Waals surface area contributed by atoms with E-state index >= 15 is 0 Å². The van der Waals surface area contributed by atoms with Gasteiger partial charge in [-0.1, -0.05) is 12.1 Å². The number of hydrogen-bond donors (Lipinski definition) is 1. The van der Waals surface area contributed by atoms with Crippen molar-refractivity contribution in [1.82, 2.24) is 0 Å². The van der Waals surface area contributed by atoms with Crippen LogP contribution < -0.4 is 5.73 Å². The molecule has 0 aliphatic heterocycles. The highest BCUT2D eigenvalue weighted by Gasteiger charge is 2.31. The van der Waals surface area contributed by atoms with Crippen LogP contribution in [0.4, 0.5) is 13.2 Å². The van der Waals surface area contributed by atoms with Crippen LogP contribution in [0, 0.1) is 5.92 Å². The normalized spacial score (nSPS) is 17.3. The molecule has 0 saturated heterocycles. The third-order valence-corrected chi connectivity index (χ3v) is 3.37. The van der Waals surface area contributed by atoms with E-state index in [0.29, 0.717) is 17.9 Å². The van der Waals surface area contributed by atoms with Crippen molar-refractivity contribution in [2.75, 3.05) is 0 Å². The van der Waals surface area contributed by atoms with Crippen molar-refractivity contribution in [3.63, 3.8) is 0 Å². The maximum atomic E-state index is 12.4. The minimum atomic E-state index is -4.34. The fraction of sp³-hybridized carbons (Fsp3) is 0.500. The van der Waals surface area contributed by atoms with Crippen LogP contribution in [0.5, 0.6) is 0 Å². The van der Waals surface area contributed by atoms with Crippen LogP contribution in [0.15, 0.2) is 24.3 Å². The Hall–Kier alpha value is -1.36. The fourth-order valence-electron chi connectivity index (χ4n) is 2.07. The zero-order valence-corrected chi connectivity index (χ0v) is 10.4. The van der Waals surface area contributed by atoms with Crippen molar-refractivity contribution in [3.8, 4) is 0 Å². The number of halogens is 3. The van der Waals surface area contributed by atoms with Crippen LogP contribution in [-0.2, 0) is 17.4 Å². The van der Waals surface area contributed by atoms with Crippen LogP contribution >= 0.6 is 0 Å². The Balaban J connectivity index is 1.90. The fourth-order valence-corrected chi connectivity index (χ4v) is 2.07. The number of carbonyl (C=O) groups excluding carboxylic acids is 1. The first kappa shape index (κ1) is 14.1. The first-order chi connectivity index (χ1) is 8.86. The molecular formula is C14H16F3NO. The van der Waals surface area contributed by atoms with Crippen LogP contribution in [0.3, 0.4) is 0 Å². The Morgan fingerprint density at radius 2 is 1.84 bits per heavy atom. The smallest absolute Gasteiger partial charge is 0.327 e. The minimum Gasteiger partial charge on any atom is -0.327 e. The van der Waals surface area contributed by atoms with E-state index in [1.54, 1.807) is 0 Å². The highest BCUT2D eigenvalue weighted by molar-refractivity contribution is 5.81. The van der Waals surface area contributed by atoms with Crippen LogP contribution in [0.25, 0.3) is 0 Å². The molecule has 1 unspecified atom stereocenters. The maximum absolute atomic E-state index is 12.4. The van der Waals surface area contributed by atoms with Gasteiger partial charge in [0.15, 0.2) is 0 Å². The Kier molecular flexibility index (Phi) is 3.94. The molecule has 0 radical (unpaired) electrons. The van der Waals surface area contributed by atoms with Gasteiger partial charge < -0.3 is 5.73 Å². The molecule has 1 aliphatic carbocycles. The second-order valence-electron chi connectivity index (χ2n) is 5.12. The number of benzene rings is 1. The molecular weight excluding hydrogens is 255 g/mol. The molecule has 1 aliphatic rings. The van der Waals surface area contributed by atoms with Gasteiger partial charge in [-0.2, -0.15) is 13.2 Å². The van der Waals surface area contributed by atoms with E-state index in [-0.39, 0.29) is 18.2 Å². The quantitative estimate of drug-likeness (QED) is 0.894. The van der Waals surface area contributed by atoms with E-state index in [2.05, 4.69) is 0 Å². The second kappa shape index (κ2) is 5.33. The molecule has 104 valence electrons. The summed E-state index contributed by atoms with van der Waals surface area (Å²) in [4.78, 5) is 11.7. The highest BCUT2D eigenvalue weighted by atomic mass is 19.4. The van der Waals surface area contributed by atoms with Gasteiger partial charge in [-0.15, -0.1) is 0 Å². The van der Waals surface area contributed by atoms with Crippen LogP contribution in [-0.4, -0.2) is 11.8 Å². The van der Waals surface area contributed by atoms with Gasteiger partial charge in [-0.3, -0.25) is 4.79 Å². The summed E-state index contributed by atoms with van der Waals surface area (Å²) in [5, 5.41) is 0. The molecule has 1 atom stereocenters. The lowest BCUT2D eigenvalue weighted by atomic mass is 10.0. The average molecular weight is 271 g/mol. The summed E-state index contributed by atoms with van der Waals surface area (Å²) >= 11 is 0. The van der Waals surface area contributed by atoms with Gasteiger partial charge in [0.2, 0.25) is 0 Å². The minimum absolute atomic E-state index is 0.0147. The number of rotatable bonds is 5. The largest absolute Gasteiger partial charge is 0.416 e.